The van der Waals surface area contributed by atoms with E-state index in [1.165, 1.54) is 7.11 Å². The minimum atomic E-state index is -0.504. The monoisotopic (exact) mass is 380 g/mol. The van der Waals surface area contributed by atoms with Crippen molar-refractivity contribution in [1.29, 1.82) is 0 Å². The molecule has 0 aliphatic carbocycles. The number of benzene rings is 2. The predicted molar refractivity (Wildman–Crippen MR) is 108 cm³/mol. The second kappa shape index (κ2) is 7.76. The van der Waals surface area contributed by atoms with Crippen molar-refractivity contribution in [3.63, 3.8) is 0 Å². The molecule has 0 atom stereocenters. The number of nitrogens with one attached hydrogen (secondary N) is 1. The predicted octanol–water partition coefficient (Wildman–Crippen LogP) is 5.85. The zero-order chi connectivity index (χ0) is 20.4. The average molecular weight is 380 g/mol. The van der Waals surface area contributed by atoms with E-state index in [1.807, 2.05) is 58.9 Å². The van der Waals surface area contributed by atoms with E-state index in [2.05, 4.69) is 21.3 Å². The molecule has 1 amide bonds. The first kappa shape index (κ1) is 19.5. The minimum absolute atomic E-state index is 0.504. The molecule has 2 aromatic carbocycles. The van der Waals surface area contributed by atoms with Crippen molar-refractivity contribution in [3.8, 4) is 22.6 Å². The Morgan fingerprint density at radius 3 is 2.25 bits per heavy atom. The number of hydrogen-bond donors (Lipinski definition) is 1. The molecule has 0 saturated heterocycles. The van der Waals surface area contributed by atoms with Gasteiger partial charge in [-0.1, -0.05) is 11.2 Å². The number of carbonyl (C=O) groups excluding carboxylic acids is 1. The van der Waals surface area contributed by atoms with Crippen molar-refractivity contribution < 1.29 is 18.8 Å². The summed E-state index contributed by atoms with van der Waals surface area (Å²) in [6.07, 6.45) is -0.504. The summed E-state index contributed by atoms with van der Waals surface area (Å²) in [5.41, 5.74) is 6.39. The second-order valence-electron chi connectivity index (χ2n) is 6.89. The molecule has 0 aliphatic rings. The van der Waals surface area contributed by atoms with Gasteiger partial charge in [-0.15, -0.1) is 0 Å². The van der Waals surface area contributed by atoms with Crippen LogP contribution in [0.5, 0.6) is 11.5 Å². The van der Waals surface area contributed by atoms with Crippen LogP contribution in [0.3, 0.4) is 0 Å². The molecule has 0 aliphatic heterocycles. The summed E-state index contributed by atoms with van der Waals surface area (Å²) in [5, 5.41) is 6.72. The maximum atomic E-state index is 11.4. The second-order valence-corrected chi connectivity index (χ2v) is 6.89. The van der Waals surface area contributed by atoms with Gasteiger partial charge in [-0.25, -0.2) is 4.79 Å². The van der Waals surface area contributed by atoms with Crippen molar-refractivity contribution >= 4 is 11.8 Å². The van der Waals surface area contributed by atoms with Gasteiger partial charge in [0.2, 0.25) is 0 Å². The fourth-order valence-electron chi connectivity index (χ4n) is 3.32. The summed E-state index contributed by atoms with van der Waals surface area (Å²) in [6, 6.07) is 9.76. The van der Waals surface area contributed by atoms with Gasteiger partial charge in [-0.2, -0.15) is 0 Å². The van der Waals surface area contributed by atoms with Crippen molar-refractivity contribution in [3.05, 3.63) is 58.5 Å². The molecule has 0 bridgehead atoms. The molecule has 1 aromatic heterocycles. The Morgan fingerprint density at radius 2 is 1.68 bits per heavy atom. The molecule has 1 N–H and O–H groups in total. The highest BCUT2D eigenvalue weighted by atomic mass is 16.5. The third-order valence-corrected chi connectivity index (χ3v) is 4.48. The summed E-state index contributed by atoms with van der Waals surface area (Å²) >= 11 is 0. The van der Waals surface area contributed by atoms with Crippen LogP contribution in [0.1, 0.15) is 28.1 Å². The first-order valence-corrected chi connectivity index (χ1v) is 8.97. The minimum Gasteiger partial charge on any atom is -0.457 e. The van der Waals surface area contributed by atoms with Gasteiger partial charge in [0.05, 0.1) is 12.8 Å². The molecule has 28 heavy (non-hydrogen) atoms. The van der Waals surface area contributed by atoms with Crippen molar-refractivity contribution in [1.82, 2.24) is 5.16 Å². The average Bonchev–Trinajstić information content (AvgIpc) is 2.96. The van der Waals surface area contributed by atoms with Crippen LogP contribution >= 0.6 is 0 Å². The first-order chi connectivity index (χ1) is 13.3. The Balaban J connectivity index is 1.95. The highest BCUT2D eigenvalue weighted by Crippen LogP contribution is 2.35. The number of hydrogen-bond acceptors (Lipinski definition) is 5. The van der Waals surface area contributed by atoms with Crippen molar-refractivity contribution in [2.45, 2.75) is 34.6 Å². The van der Waals surface area contributed by atoms with Crippen LogP contribution in [-0.2, 0) is 4.74 Å². The fourth-order valence-corrected chi connectivity index (χ4v) is 3.32. The van der Waals surface area contributed by atoms with Crippen LogP contribution in [0.25, 0.3) is 11.1 Å². The largest absolute Gasteiger partial charge is 0.457 e. The SMILES string of the molecule is COC(=O)Nc1cc(C)c(Oc2cc(C)cc(-c3c(C)noc3C)c2)c(C)c1. The van der Waals surface area contributed by atoms with E-state index >= 15 is 0 Å². The third kappa shape index (κ3) is 4.01. The summed E-state index contributed by atoms with van der Waals surface area (Å²) in [5.74, 6) is 2.26. The lowest BCUT2D eigenvalue weighted by atomic mass is 10.0. The van der Waals surface area contributed by atoms with Crippen LogP contribution in [0.2, 0.25) is 0 Å². The number of amides is 1. The molecular formula is C22H24N2O4. The maximum Gasteiger partial charge on any atom is 0.411 e. The van der Waals surface area contributed by atoms with Crippen LogP contribution < -0.4 is 10.1 Å². The smallest absolute Gasteiger partial charge is 0.411 e. The number of methoxy groups -OCH3 is 1. The van der Waals surface area contributed by atoms with Crippen molar-refractivity contribution in [2.24, 2.45) is 0 Å². The summed E-state index contributed by atoms with van der Waals surface area (Å²) in [7, 11) is 1.33. The van der Waals surface area contributed by atoms with E-state index in [0.717, 1.165) is 50.8 Å². The molecular weight excluding hydrogens is 356 g/mol. The Kier molecular flexibility index (Phi) is 5.40. The highest BCUT2D eigenvalue weighted by molar-refractivity contribution is 5.85. The third-order valence-electron chi connectivity index (χ3n) is 4.48. The highest BCUT2D eigenvalue weighted by Gasteiger charge is 2.15. The molecule has 3 rings (SSSR count). The van der Waals surface area contributed by atoms with Crippen LogP contribution in [0.4, 0.5) is 10.5 Å². The van der Waals surface area contributed by atoms with E-state index in [9.17, 15) is 4.79 Å². The number of rotatable bonds is 4. The molecule has 6 nitrogen and oxygen atoms in total. The Labute approximate surface area is 164 Å². The number of nitrogens with zero attached hydrogens (tertiary/aromatic N) is 1. The molecule has 6 heteroatoms. The molecule has 1 heterocycles. The Bertz CT molecular complexity index is 995. The number of carbonyl (C=O) groups is 1. The van der Waals surface area contributed by atoms with E-state index in [-0.39, 0.29) is 0 Å². The van der Waals surface area contributed by atoms with E-state index in [4.69, 9.17) is 9.26 Å². The quantitative estimate of drug-likeness (QED) is 0.614. The lowest BCUT2D eigenvalue weighted by Gasteiger charge is -2.15. The van der Waals surface area contributed by atoms with Crippen LogP contribution in [0, 0.1) is 34.6 Å². The van der Waals surface area contributed by atoms with Gasteiger partial charge in [0.1, 0.15) is 17.3 Å². The normalized spacial score (nSPS) is 10.6. The first-order valence-electron chi connectivity index (χ1n) is 8.97. The van der Waals surface area contributed by atoms with Crippen LogP contribution in [0.15, 0.2) is 34.9 Å². The summed E-state index contributed by atoms with van der Waals surface area (Å²) in [4.78, 5) is 11.4. The molecule has 0 unspecified atom stereocenters. The van der Waals surface area contributed by atoms with Crippen LogP contribution in [-0.4, -0.2) is 18.4 Å². The zero-order valence-corrected chi connectivity index (χ0v) is 17.0. The van der Waals surface area contributed by atoms with Gasteiger partial charge in [-0.3, -0.25) is 5.32 Å². The zero-order valence-electron chi connectivity index (χ0n) is 17.0. The van der Waals surface area contributed by atoms with Gasteiger partial charge in [0.15, 0.2) is 0 Å². The number of anilines is 1. The van der Waals surface area contributed by atoms with Gasteiger partial charge in [0, 0.05) is 11.3 Å². The summed E-state index contributed by atoms with van der Waals surface area (Å²) < 4.78 is 16.2. The standard InChI is InChI=1S/C22H24N2O4/c1-12-7-17(20-15(4)24-28-16(20)5)11-19(8-12)27-21-13(2)9-18(10-14(21)3)23-22(25)26-6/h7-11H,1-6H3,(H,23,25). The lowest BCUT2D eigenvalue weighted by Crippen LogP contribution is -2.11. The van der Waals surface area contributed by atoms with Gasteiger partial charge >= 0.3 is 6.09 Å². The van der Waals surface area contributed by atoms with E-state index in [1.54, 1.807) is 0 Å². The van der Waals surface area contributed by atoms with E-state index < -0.39 is 6.09 Å². The van der Waals surface area contributed by atoms with E-state index in [0.29, 0.717) is 5.69 Å². The van der Waals surface area contributed by atoms with Gasteiger partial charge < -0.3 is 14.0 Å². The molecule has 146 valence electrons. The van der Waals surface area contributed by atoms with Gasteiger partial charge in [-0.05, 0) is 81.1 Å². The Hall–Kier alpha value is -3.28. The summed E-state index contributed by atoms with van der Waals surface area (Å²) in [6.45, 7) is 9.73. The fraction of sp³-hybridized carbons (Fsp3) is 0.273. The number of aryl methyl sites for hydroxylation is 5. The molecule has 0 radical (unpaired) electrons. The number of ether oxygens (including phenoxy) is 2. The Morgan fingerprint density at radius 1 is 1.00 bits per heavy atom. The maximum absolute atomic E-state index is 11.4. The topological polar surface area (TPSA) is 73.6 Å². The molecule has 0 fully saturated rings. The number of aromatic nitrogens is 1. The molecule has 0 spiro atoms. The lowest BCUT2D eigenvalue weighted by molar-refractivity contribution is 0.187. The molecule has 3 aromatic rings. The van der Waals surface area contributed by atoms with Gasteiger partial charge in [0.25, 0.3) is 0 Å². The van der Waals surface area contributed by atoms with Crippen molar-refractivity contribution in [2.75, 3.05) is 12.4 Å². The molecule has 0 saturated carbocycles.